The maximum absolute atomic E-state index is 13.9. The van der Waals surface area contributed by atoms with E-state index in [1.807, 2.05) is 19.9 Å². The molecule has 0 unspecified atom stereocenters. The molecular weight excluding hydrogens is 959 g/mol. The van der Waals surface area contributed by atoms with Gasteiger partial charge >= 0.3 is 5.97 Å². The highest BCUT2D eigenvalue weighted by atomic mass is 32.1. The summed E-state index contributed by atoms with van der Waals surface area (Å²) in [5.74, 6) is 4.18. The van der Waals surface area contributed by atoms with Gasteiger partial charge in [0.25, 0.3) is 5.56 Å². The largest absolute Gasteiger partial charge is 0.458 e. The van der Waals surface area contributed by atoms with Crippen molar-refractivity contribution in [2.45, 2.75) is 123 Å². The van der Waals surface area contributed by atoms with Crippen molar-refractivity contribution < 1.29 is 48.0 Å². The van der Waals surface area contributed by atoms with Gasteiger partial charge in [-0.15, -0.1) is 0 Å². The number of fused-ring (bicyclic) bond motifs is 6. The third-order valence-corrected chi connectivity index (χ3v) is 13.7. The van der Waals surface area contributed by atoms with E-state index in [2.05, 4.69) is 61.8 Å². The van der Waals surface area contributed by atoms with Crippen LogP contribution in [0.5, 0.6) is 11.5 Å². The Morgan fingerprint density at radius 1 is 0.973 bits per heavy atom. The minimum Gasteiger partial charge on any atom is -0.458 e. The lowest BCUT2D eigenvalue weighted by Crippen LogP contribution is -2.56. The van der Waals surface area contributed by atoms with E-state index in [0.717, 1.165) is 42.6 Å². The van der Waals surface area contributed by atoms with Gasteiger partial charge in [-0.25, -0.2) is 14.8 Å². The third-order valence-electron chi connectivity index (χ3n) is 13.4. The maximum atomic E-state index is 13.9. The number of ether oxygens (including phenoxy) is 4. The topological polar surface area (TPSA) is 257 Å². The molecule has 0 radical (unpaired) electrons. The number of carbonyl (C=O) groups is 5. The molecule has 3 aromatic heterocycles. The summed E-state index contributed by atoms with van der Waals surface area (Å²) in [6.07, 6.45) is 7.11. The summed E-state index contributed by atoms with van der Waals surface area (Å²) in [6.45, 7) is 11.9. The van der Waals surface area contributed by atoms with Crippen LogP contribution in [0.2, 0.25) is 0 Å². The molecule has 7 rings (SSSR count). The number of hydrogen-bond donors (Lipinski definition) is 6. The Hall–Kier alpha value is -6.73. The number of aliphatic hydroxyl groups is 1. The van der Waals surface area contributed by atoms with Crippen molar-refractivity contribution in [1.82, 2.24) is 45.7 Å². The molecule has 0 bridgehead atoms. The summed E-state index contributed by atoms with van der Waals surface area (Å²) in [4.78, 5) is 94.0. The van der Waals surface area contributed by atoms with Crippen LogP contribution in [0.3, 0.4) is 0 Å². The molecule has 20 nitrogen and oxygen atoms in total. The van der Waals surface area contributed by atoms with Crippen LogP contribution >= 0.6 is 12.2 Å². The van der Waals surface area contributed by atoms with Gasteiger partial charge in [0.15, 0.2) is 21.9 Å². The molecule has 4 aromatic rings. The van der Waals surface area contributed by atoms with E-state index in [9.17, 15) is 33.9 Å². The molecule has 21 heteroatoms. The van der Waals surface area contributed by atoms with Crippen LogP contribution in [0.25, 0.3) is 22.3 Å². The monoisotopic (exact) mass is 1020 g/mol. The van der Waals surface area contributed by atoms with E-state index in [0.29, 0.717) is 77.3 Å². The number of cyclic esters (lactones) is 1. The van der Waals surface area contributed by atoms with Crippen molar-refractivity contribution in [2.75, 3.05) is 46.3 Å². The van der Waals surface area contributed by atoms with Crippen molar-refractivity contribution >= 4 is 52.7 Å². The zero-order valence-corrected chi connectivity index (χ0v) is 42.9. The second-order valence-electron chi connectivity index (χ2n) is 18.6. The van der Waals surface area contributed by atoms with Crippen LogP contribution in [0.4, 0.5) is 0 Å². The Kier molecular flexibility index (Phi) is 18.4. The molecule has 0 fully saturated rings. The number of aromatic nitrogens is 4. The number of nitrogens with one attached hydrogen (secondary N) is 5. The molecule has 3 aliphatic heterocycles. The highest BCUT2D eigenvalue weighted by Crippen LogP contribution is 2.43. The van der Waals surface area contributed by atoms with Gasteiger partial charge < -0.3 is 59.8 Å². The number of aryl methyl sites for hydroxylation is 1. The minimum atomic E-state index is -1.96. The first-order valence-electron chi connectivity index (χ1n) is 25.1. The van der Waals surface area contributed by atoms with Crippen LogP contribution in [-0.2, 0) is 58.6 Å². The predicted molar refractivity (Wildman–Crippen MR) is 271 cm³/mol. The van der Waals surface area contributed by atoms with Gasteiger partial charge in [-0.2, -0.15) is 0 Å². The number of pyridine rings is 2. The van der Waals surface area contributed by atoms with Crippen LogP contribution < -0.4 is 36.3 Å². The van der Waals surface area contributed by atoms with Gasteiger partial charge in [-0.3, -0.25) is 24.0 Å². The highest BCUT2D eigenvalue weighted by molar-refractivity contribution is 7.71. The number of rotatable bonds is 24. The van der Waals surface area contributed by atoms with Gasteiger partial charge in [0.1, 0.15) is 25.4 Å². The van der Waals surface area contributed by atoms with Crippen molar-refractivity contribution in [1.29, 1.82) is 0 Å². The number of aromatic amines is 1. The molecule has 390 valence electrons. The summed E-state index contributed by atoms with van der Waals surface area (Å²) in [7, 11) is 0. The molecule has 3 aliphatic rings. The van der Waals surface area contributed by atoms with E-state index in [1.165, 1.54) is 0 Å². The molecule has 4 amide bonds. The average molecular weight is 1020 g/mol. The normalized spacial score (nSPS) is 15.9. The molecular formula is C52H65N9O11S. The first-order chi connectivity index (χ1) is 35.1. The quantitative estimate of drug-likeness (QED) is 0.0169. The molecule has 73 heavy (non-hydrogen) atoms. The van der Waals surface area contributed by atoms with Gasteiger partial charge in [0.05, 0.1) is 41.1 Å². The van der Waals surface area contributed by atoms with Crippen molar-refractivity contribution in [3.63, 3.8) is 0 Å². The van der Waals surface area contributed by atoms with E-state index in [-0.39, 0.29) is 81.2 Å². The summed E-state index contributed by atoms with van der Waals surface area (Å²) >= 11 is 4.95. The summed E-state index contributed by atoms with van der Waals surface area (Å²) < 4.78 is 24.4. The highest BCUT2D eigenvalue weighted by Gasteiger charge is 2.45. The lowest BCUT2D eigenvalue weighted by atomic mass is 9.86. The minimum absolute atomic E-state index is 0.0227. The Bertz CT molecular complexity index is 2890. The van der Waals surface area contributed by atoms with Gasteiger partial charge in [-0.05, 0) is 100 Å². The molecule has 0 saturated carbocycles. The molecule has 6 N–H and O–H groups in total. The van der Waals surface area contributed by atoms with Gasteiger partial charge in [0, 0.05) is 54.4 Å². The standard InChI is InChI=1S/C52H65N9O11S/c1-6-52(68)37-22-40-46-35(27-61(40)49(66)36(37)28-70-50(52)67)33(34-21-41-42(72-30-71-41)23-39(34)57-46)16-14-20-69-29-56-44(63)26-53-47(64)38(17-12-13-19-60(7-2)8-3)58-48(65)45(31(4)5)59-43(62)18-11-9-10-15-32-24-54-51(73)55-25-32/h21-25,31,38,45,68H,6-9,11-14,16-20,26-30H2,1-5H3,(H,53,64)(H,56,63)(H,58,65)(H,59,62)(H,54,55,73)/t38-,45-,52-/m0/s1. The number of nitrogens with zero attached hydrogens (tertiary/aromatic N) is 4. The fourth-order valence-electron chi connectivity index (χ4n) is 9.19. The first-order valence-corrected chi connectivity index (χ1v) is 25.5. The van der Waals surface area contributed by atoms with Crippen molar-refractivity contribution in [3.8, 4) is 34.7 Å². The van der Waals surface area contributed by atoms with E-state index >= 15 is 0 Å². The van der Waals surface area contributed by atoms with E-state index in [4.69, 9.17) is 36.1 Å². The number of hydrogen-bond acceptors (Lipinski definition) is 15. The SMILES string of the molecule is CCN(CC)CCCC[C@H](NC(=O)[C@@H](NC(=O)CCCC#Cc1cnc(=S)[nH]c1)C(C)C)C(=O)NCC(=O)NCOCCCc1c2c(nc3cc4c(cc13)OCO4)-c1cc3c(c(=O)n1C2)COC(=O)[C@]3(O)CC. The molecule has 0 spiro atoms. The molecule has 3 atom stereocenters. The lowest BCUT2D eigenvalue weighted by molar-refractivity contribution is -0.172. The Morgan fingerprint density at radius 3 is 2.48 bits per heavy atom. The zero-order valence-electron chi connectivity index (χ0n) is 42.1. The Labute approximate surface area is 428 Å². The number of benzene rings is 1. The summed E-state index contributed by atoms with van der Waals surface area (Å²) in [5, 5.41) is 23.2. The average Bonchev–Trinajstić information content (AvgIpc) is 4.00. The summed E-state index contributed by atoms with van der Waals surface area (Å²) in [5.41, 5.74) is 2.18. The molecule has 1 aromatic carbocycles. The second kappa shape index (κ2) is 24.8. The third kappa shape index (κ3) is 12.9. The maximum Gasteiger partial charge on any atom is 0.343 e. The van der Waals surface area contributed by atoms with Crippen LogP contribution in [-0.4, -0.2) is 118 Å². The van der Waals surface area contributed by atoms with Crippen molar-refractivity contribution in [3.05, 3.63) is 73.5 Å². The van der Waals surface area contributed by atoms with E-state index < -0.39 is 41.4 Å². The van der Waals surface area contributed by atoms with Crippen LogP contribution in [0, 0.1) is 22.5 Å². The molecule has 6 heterocycles. The van der Waals surface area contributed by atoms with Crippen LogP contribution in [0.15, 0.2) is 35.4 Å². The van der Waals surface area contributed by atoms with Gasteiger partial charge in [0.2, 0.25) is 30.4 Å². The number of esters is 1. The number of carbonyl (C=O) groups excluding carboxylic acids is 5. The zero-order chi connectivity index (χ0) is 52.2. The van der Waals surface area contributed by atoms with Crippen molar-refractivity contribution in [2.24, 2.45) is 5.92 Å². The molecule has 0 aliphatic carbocycles. The number of unbranched alkanes of at least 4 members (excludes halogenated alkanes) is 2. The number of amides is 4. The fraction of sp³-hybridized carbons (Fsp3) is 0.519. The number of H-pyrrole nitrogens is 1. The smallest absolute Gasteiger partial charge is 0.343 e. The fourth-order valence-corrected chi connectivity index (χ4v) is 9.30. The first kappa shape index (κ1) is 54.1. The Morgan fingerprint density at radius 2 is 1.75 bits per heavy atom. The van der Waals surface area contributed by atoms with E-state index in [1.54, 1.807) is 36.0 Å². The predicted octanol–water partition coefficient (Wildman–Crippen LogP) is 3.76. The second-order valence-corrected chi connectivity index (χ2v) is 18.9. The summed E-state index contributed by atoms with van der Waals surface area (Å²) in [6, 6.07) is 3.49. The molecule has 0 saturated heterocycles. The lowest BCUT2D eigenvalue weighted by Gasteiger charge is -2.31. The Balaban J connectivity index is 0.924. The van der Waals surface area contributed by atoms with Gasteiger partial charge in [-0.1, -0.05) is 46.5 Å². The van der Waals surface area contributed by atoms with Crippen LogP contribution in [0.1, 0.15) is 114 Å².